The molecular weight excluding hydrogens is 281 g/mol. The fourth-order valence-corrected chi connectivity index (χ4v) is 1.13. The van der Waals surface area contributed by atoms with E-state index in [-0.39, 0.29) is 50.9 Å². The smallest absolute Gasteiger partial charge is 0.251 e. The molecule has 4 nitrogen and oxygen atoms in total. The summed E-state index contributed by atoms with van der Waals surface area (Å²) in [4.78, 5) is 22.4. The van der Waals surface area contributed by atoms with E-state index in [0.717, 1.165) is 0 Å². The largest absolute Gasteiger partial charge is 0.676 e. The van der Waals surface area contributed by atoms with E-state index in [9.17, 15) is 9.59 Å². The van der Waals surface area contributed by atoms with Gasteiger partial charge in [-0.2, -0.15) is 0 Å². The number of amides is 1. The van der Waals surface area contributed by atoms with Gasteiger partial charge in [-0.15, -0.1) is 6.54 Å². The zero-order valence-electron chi connectivity index (χ0n) is 9.12. The first-order valence-corrected chi connectivity index (χ1v) is 4.69. The topological polar surface area (TPSA) is 70.0 Å². The number of carbonyl (C=O) groups is 2. The molecule has 0 aliphatic heterocycles. The van der Waals surface area contributed by atoms with Gasteiger partial charge < -0.3 is 11.1 Å². The second-order valence-electron chi connectivity index (χ2n) is 3.14. The SMILES string of the molecule is CC(=O)c1ccc(C(=O)NCC[NH-])cc1.[Y]. The summed E-state index contributed by atoms with van der Waals surface area (Å²) in [5.41, 5.74) is 7.99. The fraction of sp³-hybridized carbons (Fsp3) is 0.273. The first kappa shape index (κ1) is 15.4. The zero-order chi connectivity index (χ0) is 11.3. The minimum atomic E-state index is -0.211. The van der Waals surface area contributed by atoms with Gasteiger partial charge in [-0.25, -0.2) is 0 Å². The van der Waals surface area contributed by atoms with Crippen LogP contribution in [0, 0.1) is 0 Å². The van der Waals surface area contributed by atoms with Crippen molar-refractivity contribution >= 4 is 11.7 Å². The molecule has 1 amide bonds. The van der Waals surface area contributed by atoms with Gasteiger partial charge in [0.05, 0.1) is 0 Å². The van der Waals surface area contributed by atoms with E-state index in [4.69, 9.17) is 5.73 Å². The molecule has 0 heterocycles. The van der Waals surface area contributed by atoms with Crippen molar-refractivity contribution in [3.05, 3.63) is 41.1 Å². The van der Waals surface area contributed by atoms with Gasteiger partial charge in [-0.05, 0) is 25.6 Å². The Morgan fingerprint density at radius 1 is 1.19 bits per heavy atom. The van der Waals surface area contributed by atoms with Gasteiger partial charge in [0.2, 0.25) is 0 Å². The third-order valence-corrected chi connectivity index (χ3v) is 1.96. The molecule has 0 saturated carbocycles. The Hall–Kier alpha value is -0.576. The number of nitrogens with one attached hydrogen (secondary N) is 2. The van der Waals surface area contributed by atoms with Crippen molar-refractivity contribution in [1.82, 2.24) is 5.32 Å². The summed E-state index contributed by atoms with van der Waals surface area (Å²) in [5, 5.41) is 2.59. The summed E-state index contributed by atoms with van der Waals surface area (Å²) in [7, 11) is 0. The van der Waals surface area contributed by atoms with E-state index in [0.29, 0.717) is 17.7 Å². The van der Waals surface area contributed by atoms with Crippen molar-refractivity contribution in [3.63, 3.8) is 0 Å². The Morgan fingerprint density at radius 2 is 1.69 bits per heavy atom. The molecule has 0 bridgehead atoms. The maximum atomic E-state index is 11.4. The summed E-state index contributed by atoms with van der Waals surface area (Å²) in [6.45, 7) is 1.99. The van der Waals surface area contributed by atoms with Crippen LogP contribution in [-0.2, 0) is 32.7 Å². The van der Waals surface area contributed by atoms with Gasteiger partial charge in [-0.3, -0.25) is 9.59 Å². The molecule has 0 saturated heterocycles. The quantitative estimate of drug-likeness (QED) is 0.858. The summed E-state index contributed by atoms with van der Waals surface area (Å²) in [6, 6.07) is 6.46. The van der Waals surface area contributed by atoms with Crippen LogP contribution in [0.4, 0.5) is 0 Å². The molecule has 83 valence electrons. The molecule has 1 rings (SSSR count). The maximum absolute atomic E-state index is 11.4. The molecule has 16 heavy (non-hydrogen) atoms. The van der Waals surface area contributed by atoms with Gasteiger partial charge in [0.25, 0.3) is 5.91 Å². The standard InChI is InChI=1S/C11H13N2O2.Y/c1-8(14)9-2-4-10(5-3-9)11(15)13-7-6-12;/h2-5,12H,6-7H2,1H3,(H,13,15);/q-1;. The molecule has 0 aliphatic carbocycles. The van der Waals surface area contributed by atoms with Crippen LogP contribution >= 0.6 is 0 Å². The van der Waals surface area contributed by atoms with E-state index >= 15 is 0 Å². The number of rotatable bonds is 4. The van der Waals surface area contributed by atoms with E-state index in [1.165, 1.54) is 6.92 Å². The number of ketones is 1. The van der Waals surface area contributed by atoms with Crippen LogP contribution in [0.2, 0.25) is 0 Å². The minimum Gasteiger partial charge on any atom is -0.676 e. The second kappa shape index (κ2) is 7.66. The van der Waals surface area contributed by atoms with Crippen molar-refractivity contribution in [2.75, 3.05) is 13.1 Å². The van der Waals surface area contributed by atoms with Crippen molar-refractivity contribution in [1.29, 1.82) is 0 Å². The molecule has 0 fully saturated rings. The van der Waals surface area contributed by atoms with Gasteiger partial charge in [0.1, 0.15) is 0 Å². The van der Waals surface area contributed by atoms with Gasteiger partial charge in [0, 0.05) is 43.8 Å². The average Bonchev–Trinajstić information content (AvgIpc) is 2.26. The molecule has 0 aromatic heterocycles. The van der Waals surface area contributed by atoms with Crippen molar-refractivity contribution in [2.24, 2.45) is 0 Å². The number of Topliss-reactive ketones (excluding diaryl/α,β-unsaturated/α-hetero) is 1. The molecule has 2 N–H and O–H groups in total. The molecule has 1 radical (unpaired) electrons. The van der Waals surface area contributed by atoms with Crippen LogP contribution in [-0.4, -0.2) is 24.8 Å². The first-order chi connectivity index (χ1) is 7.15. The molecular formula is C11H13N2O2Y-. The number of carbonyl (C=O) groups excluding carboxylic acids is 2. The minimum absolute atomic E-state index is 0. The predicted octanol–water partition coefficient (Wildman–Crippen LogP) is 1.67. The van der Waals surface area contributed by atoms with Crippen LogP contribution in [0.15, 0.2) is 24.3 Å². The Morgan fingerprint density at radius 3 is 2.12 bits per heavy atom. The van der Waals surface area contributed by atoms with Gasteiger partial charge in [0.15, 0.2) is 5.78 Å². The Balaban J connectivity index is 0.00000225. The molecule has 1 aromatic rings. The third kappa shape index (κ3) is 4.51. The van der Waals surface area contributed by atoms with Gasteiger partial charge in [-0.1, -0.05) is 12.1 Å². The monoisotopic (exact) mass is 294 g/mol. The number of hydrogen-bond donors (Lipinski definition) is 1. The molecule has 5 heteroatoms. The first-order valence-electron chi connectivity index (χ1n) is 4.69. The summed E-state index contributed by atoms with van der Waals surface area (Å²) in [5.74, 6) is -0.231. The molecule has 0 spiro atoms. The zero-order valence-corrected chi connectivity index (χ0v) is 12.0. The van der Waals surface area contributed by atoms with Crippen molar-refractivity contribution in [3.8, 4) is 0 Å². The molecule has 1 aromatic carbocycles. The summed E-state index contributed by atoms with van der Waals surface area (Å²) < 4.78 is 0. The van der Waals surface area contributed by atoms with E-state index in [1.54, 1.807) is 24.3 Å². The van der Waals surface area contributed by atoms with Crippen LogP contribution < -0.4 is 5.32 Å². The predicted molar refractivity (Wildman–Crippen MR) is 58.0 cm³/mol. The molecule has 0 aliphatic rings. The van der Waals surface area contributed by atoms with Crippen LogP contribution in [0.3, 0.4) is 0 Å². The van der Waals surface area contributed by atoms with Crippen LogP contribution in [0.1, 0.15) is 27.6 Å². The van der Waals surface area contributed by atoms with Crippen LogP contribution in [0.25, 0.3) is 5.73 Å². The fourth-order valence-electron chi connectivity index (χ4n) is 1.13. The Labute approximate surface area is 120 Å². The average molecular weight is 294 g/mol. The Bertz CT molecular complexity index is 363. The van der Waals surface area contributed by atoms with Crippen molar-refractivity contribution < 1.29 is 42.3 Å². The van der Waals surface area contributed by atoms with Crippen LogP contribution in [0.5, 0.6) is 0 Å². The third-order valence-electron chi connectivity index (χ3n) is 1.96. The summed E-state index contributed by atoms with van der Waals surface area (Å²) >= 11 is 0. The van der Waals surface area contributed by atoms with E-state index in [1.807, 2.05) is 0 Å². The van der Waals surface area contributed by atoms with E-state index < -0.39 is 0 Å². The molecule has 0 unspecified atom stereocenters. The second-order valence-corrected chi connectivity index (χ2v) is 3.14. The number of benzene rings is 1. The Kier molecular flexibility index (Phi) is 7.38. The van der Waals surface area contributed by atoms with Gasteiger partial charge >= 0.3 is 0 Å². The van der Waals surface area contributed by atoms with Crippen molar-refractivity contribution in [2.45, 2.75) is 6.92 Å². The normalized spacial score (nSPS) is 9.12. The van der Waals surface area contributed by atoms with E-state index in [2.05, 4.69) is 5.32 Å². The molecule has 0 atom stereocenters. The maximum Gasteiger partial charge on any atom is 0.251 e. The summed E-state index contributed by atoms with van der Waals surface area (Å²) in [6.07, 6.45) is 0. The number of hydrogen-bond acceptors (Lipinski definition) is 2.